The van der Waals surface area contributed by atoms with Gasteiger partial charge in [0, 0.05) is 5.56 Å². The molecule has 0 saturated carbocycles. The smallest absolute Gasteiger partial charge is 0.298 e. The number of aryl methyl sites for hydroxylation is 1. The molecule has 0 radical (unpaired) electrons. The molecule has 0 bridgehead atoms. The molecule has 2 aromatic carbocycles. The average Bonchev–Trinajstić information content (AvgIpc) is 2.92. The van der Waals surface area contributed by atoms with E-state index in [1.807, 2.05) is 0 Å². The molecule has 1 unspecified atom stereocenters. The van der Waals surface area contributed by atoms with Crippen LogP contribution in [-0.4, -0.2) is 12.2 Å². The van der Waals surface area contributed by atoms with Gasteiger partial charge in [0.1, 0.15) is 0 Å². The van der Waals surface area contributed by atoms with Crippen LogP contribution in [0.2, 0.25) is 10.0 Å². The number of anilines is 1. The Morgan fingerprint density at radius 3 is 2.52 bits per heavy atom. The highest BCUT2D eigenvalue weighted by atomic mass is 35.5. The zero-order valence-electron chi connectivity index (χ0n) is 14.1. The third-order valence-electron chi connectivity index (χ3n) is 4.34. The Morgan fingerprint density at radius 2 is 1.93 bits per heavy atom. The van der Waals surface area contributed by atoms with Crippen LogP contribution in [0.3, 0.4) is 0 Å². The summed E-state index contributed by atoms with van der Waals surface area (Å²) in [7, 11) is 0. The molecule has 2 aromatic rings. The SMILES string of the molecule is Cc1cc(C(F)(F)F)cc2c1N(C(=O)c1c(Cl)ccc(C=O)c1Cl)NC2C. The number of nitrogens with one attached hydrogen (secondary N) is 1. The number of benzene rings is 2. The van der Waals surface area contributed by atoms with Gasteiger partial charge in [-0.2, -0.15) is 13.2 Å². The average molecular weight is 417 g/mol. The Balaban J connectivity index is 2.13. The first-order valence-corrected chi connectivity index (χ1v) is 8.57. The monoisotopic (exact) mass is 416 g/mol. The number of fused-ring (bicyclic) bond motifs is 1. The summed E-state index contributed by atoms with van der Waals surface area (Å²) in [6, 6.07) is 4.19. The first kappa shape index (κ1) is 19.7. The molecular formula is C18H13Cl2F3N2O2. The predicted octanol–water partition coefficient (Wildman–Crippen LogP) is 5.36. The van der Waals surface area contributed by atoms with Gasteiger partial charge in [-0.1, -0.05) is 23.2 Å². The lowest BCUT2D eigenvalue weighted by atomic mass is 9.99. The largest absolute Gasteiger partial charge is 0.416 e. The Labute approximate surface area is 162 Å². The van der Waals surface area contributed by atoms with E-state index in [4.69, 9.17) is 23.2 Å². The van der Waals surface area contributed by atoms with Crippen molar-refractivity contribution in [1.29, 1.82) is 0 Å². The Morgan fingerprint density at radius 1 is 1.26 bits per heavy atom. The van der Waals surface area contributed by atoms with Gasteiger partial charge in [-0.05, 0) is 49.2 Å². The number of hydrazine groups is 1. The highest BCUT2D eigenvalue weighted by Gasteiger charge is 2.38. The Bertz CT molecular complexity index is 961. The van der Waals surface area contributed by atoms with E-state index in [-0.39, 0.29) is 26.7 Å². The number of aldehydes is 1. The van der Waals surface area contributed by atoms with E-state index < -0.39 is 23.7 Å². The van der Waals surface area contributed by atoms with Crippen LogP contribution in [0, 0.1) is 6.92 Å². The summed E-state index contributed by atoms with van der Waals surface area (Å²) < 4.78 is 39.3. The maximum absolute atomic E-state index is 13.1. The van der Waals surface area contributed by atoms with Crippen LogP contribution >= 0.6 is 23.2 Å². The molecule has 1 aliphatic heterocycles. The fourth-order valence-electron chi connectivity index (χ4n) is 3.06. The fraction of sp³-hybridized carbons (Fsp3) is 0.222. The second kappa shape index (κ2) is 6.82. The second-order valence-corrected chi connectivity index (χ2v) is 6.95. The number of amides is 1. The van der Waals surface area contributed by atoms with Crippen molar-refractivity contribution in [3.63, 3.8) is 0 Å². The zero-order valence-corrected chi connectivity index (χ0v) is 15.6. The van der Waals surface area contributed by atoms with Crippen molar-refractivity contribution in [3.05, 3.63) is 62.1 Å². The molecule has 3 rings (SSSR count). The predicted molar refractivity (Wildman–Crippen MR) is 96.4 cm³/mol. The summed E-state index contributed by atoms with van der Waals surface area (Å²) in [5, 5.41) is 1.04. The summed E-state index contributed by atoms with van der Waals surface area (Å²) >= 11 is 12.2. The van der Waals surface area contributed by atoms with Crippen molar-refractivity contribution in [2.75, 3.05) is 5.01 Å². The van der Waals surface area contributed by atoms with Crippen LogP contribution in [0.1, 0.15) is 50.4 Å². The van der Waals surface area contributed by atoms with E-state index in [1.54, 1.807) is 6.92 Å². The molecular weight excluding hydrogens is 404 g/mol. The molecule has 9 heteroatoms. The highest BCUT2D eigenvalue weighted by Crippen LogP contribution is 2.42. The maximum Gasteiger partial charge on any atom is 0.416 e. The minimum atomic E-state index is -4.50. The van der Waals surface area contributed by atoms with Gasteiger partial charge in [0.15, 0.2) is 6.29 Å². The number of rotatable bonds is 2. The first-order valence-electron chi connectivity index (χ1n) is 7.81. The van der Waals surface area contributed by atoms with E-state index in [0.29, 0.717) is 17.5 Å². The topological polar surface area (TPSA) is 49.4 Å². The van der Waals surface area contributed by atoms with Crippen LogP contribution < -0.4 is 10.4 Å². The molecule has 4 nitrogen and oxygen atoms in total. The summed E-state index contributed by atoms with van der Waals surface area (Å²) in [5.74, 6) is -0.665. The second-order valence-electron chi connectivity index (χ2n) is 6.16. The number of nitrogens with zero attached hydrogens (tertiary/aromatic N) is 1. The van der Waals surface area contributed by atoms with Crippen molar-refractivity contribution >= 4 is 41.1 Å². The summed E-state index contributed by atoms with van der Waals surface area (Å²) in [6.07, 6.45) is -4.01. The van der Waals surface area contributed by atoms with Crippen molar-refractivity contribution in [2.24, 2.45) is 0 Å². The lowest BCUT2D eigenvalue weighted by molar-refractivity contribution is -0.137. The molecule has 1 atom stereocenters. The van der Waals surface area contributed by atoms with Gasteiger partial charge in [-0.3, -0.25) is 9.59 Å². The third kappa shape index (κ3) is 3.31. The van der Waals surface area contributed by atoms with Crippen molar-refractivity contribution in [1.82, 2.24) is 5.43 Å². The number of hydrogen-bond donors (Lipinski definition) is 1. The van der Waals surface area contributed by atoms with Crippen molar-refractivity contribution in [3.8, 4) is 0 Å². The molecule has 0 aromatic heterocycles. The minimum absolute atomic E-state index is 0.0306. The molecule has 1 heterocycles. The van der Waals surface area contributed by atoms with Crippen LogP contribution in [0.4, 0.5) is 18.9 Å². The van der Waals surface area contributed by atoms with Crippen LogP contribution in [0.15, 0.2) is 24.3 Å². The van der Waals surface area contributed by atoms with E-state index in [2.05, 4.69) is 5.43 Å². The lowest BCUT2D eigenvalue weighted by Gasteiger charge is -2.21. The van der Waals surface area contributed by atoms with Gasteiger partial charge < -0.3 is 0 Å². The van der Waals surface area contributed by atoms with Gasteiger partial charge in [-0.25, -0.2) is 10.4 Å². The molecule has 0 spiro atoms. The molecule has 0 saturated heterocycles. The fourth-order valence-corrected chi connectivity index (χ4v) is 3.64. The van der Waals surface area contributed by atoms with Crippen LogP contribution in [-0.2, 0) is 6.18 Å². The molecule has 1 amide bonds. The Kier molecular flexibility index (Phi) is 4.96. The quantitative estimate of drug-likeness (QED) is 0.670. The third-order valence-corrected chi connectivity index (χ3v) is 5.06. The molecule has 0 aliphatic carbocycles. The van der Waals surface area contributed by atoms with Gasteiger partial charge in [0.05, 0.1) is 32.9 Å². The number of carbonyl (C=O) groups excluding carboxylic acids is 2. The zero-order chi connectivity index (χ0) is 20.1. The summed E-state index contributed by atoms with van der Waals surface area (Å²) in [4.78, 5) is 24.2. The van der Waals surface area contributed by atoms with E-state index in [1.165, 1.54) is 19.1 Å². The van der Waals surface area contributed by atoms with Crippen molar-refractivity contribution < 1.29 is 22.8 Å². The standard InChI is InChI=1S/C18H13Cl2F3N2O2/c1-8-5-11(18(21,22)23)6-12-9(2)24-25(16(8)12)17(27)14-13(19)4-3-10(7-26)15(14)20/h3-7,9,24H,1-2H3. The number of alkyl halides is 3. The minimum Gasteiger partial charge on any atom is -0.298 e. The molecule has 0 fully saturated rings. The molecule has 27 heavy (non-hydrogen) atoms. The number of carbonyl (C=O) groups is 2. The number of hydrogen-bond acceptors (Lipinski definition) is 3. The van der Waals surface area contributed by atoms with Gasteiger partial charge in [0.25, 0.3) is 5.91 Å². The molecule has 1 N–H and O–H groups in total. The summed E-state index contributed by atoms with van der Waals surface area (Å²) in [5.41, 5.74) is 2.94. The maximum atomic E-state index is 13.1. The van der Waals surface area contributed by atoms with E-state index >= 15 is 0 Å². The van der Waals surface area contributed by atoms with Crippen LogP contribution in [0.25, 0.3) is 0 Å². The van der Waals surface area contributed by atoms with Gasteiger partial charge >= 0.3 is 6.18 Å². The summed E-state index contributed by atoms with van der Waals surface area (Å²) in [6.45, 7) is 3.12. The normalized spacial score (nSPS) is 16.4. The Hall–Kier alpha value is -2.09. The van der Waals surface area contributed by atoms with Crippen molar-refractivity contribution in [2.45, 2.75) is 26.1 Å². The van der Waals surface area contributed by atoms with E-state index in [9.17, 15) is 22.8 Å². The van der Waals surface area contributed by atoms with E-state index in [0.717, 1.165) is 17.1 Å². The molecule has 142 valence electrons. The first-order chi connectivity index (χ1) is 12.6. The number of halogens is 5. The molecule has 1 aliphatic rings. The van der Waals surface area contributed by atoms with Crippen LogP contribution in [0.5, 0.6) is 0 Å². The lowest BCUT2D eigenvalue weighted by Crippen LogP contribution is -2.40. The highest BCUT2D eigenvalue weighted by molar-refractivity contribution is 6.41. The van der Waals surface area contributed by atoms with Gasteiger partial charge in [-0.15, -0.1) is 0 Å². The van der Waals surface area contributed by atoms with Gasteiger partial charge in [0.2, 0.25) is 0 Å².